The van der Waals surface area contributed by atoms with Gasteiger partial charge in [0, 0.05) is 21.6 Å². The van der Waals surface area contributed by atoms with Gasteiger partial charge >= 0.3 is 0 Å². The van der Waals surface area contributed by atoms with Crippen molar-refractivity contribution in [3.8, 4) is 0 Å². The number of hydrogen-bond donors (Lipinski definition) is 1. The molecule has 2 N–H and O–H groups in total. The molecule has 2 nitrogen and oxygen atoms in total. The summed E-state index contributed by atoms with van der Waals surface area (Å²) < 4.78 is 0.817. The van der Waals surface area contributed by atoms with Gasteiger partial charge in [-0.05, 0) is 47.0 Å². The summed E-state index contributed by atoms with van der Waals surface area (Å²) in [6, 6.07) is 5.49. The lowest BCUT2D eigenvalue weighted by atomic mass is 9.91. The van der Waals surface area contributed by atoms with Crippen LogP contribution in [-0.4, -0.2) is 5.78 Å². The Balaban J connectivity index is 2.14. The molecule has 1 saturated carbocycles. The van der Waals surface area contributed by atoms with Crippen LogP contribution in [0.25, 0.3) is 0 Å². The zero-order valence-electron chi connectivity index (χ0n) is 9.92. The van der Waals surface area contributed by atoms with Crippen LogP contribution in [0.4, 0.5) is 5.69 Å². The molecule has 3 heteroatoms. The molecule has 0 aliphatic heterocycles. The van der Waals surface area contributed by atoms with Crippen LogP contribution in [0.1, 0.15) is 48.9 Å². The van der Waals surface area contributed by atoms with E-state index >= 15 is 0 Å². The Morgan fingerprint density at radius 2 is 1.82 bits per heavy atom. The Kier molecular flexibility index (Phi) is 4.21. The molecule has 0 amide bonds. The minimum atomic E-state index is 0.216. The van der Waals surface area contributed by atoms with E-state index < -0.39 is 0 Å². The van der Waals surface area contributed by atoms with Crippen molar-refractivity contribution in [1.82, 2.24) is 0 Å². The Bertz CT molecular complexity index is 409. The maximum Gasteiger partial charge on any atom is 0.165 e. The Hall–Kier alpha value is -0.830. The van der Waals surface area contributed by atoms with E-state index in [4.69, 9.17) is 5.73 Å². The van der Waals surface area contributed by atoms with E-state index in [-0.39, 0.29) is 11.7 Å². The number of benzene rings is 1. The van der Waals surface area contributed by atoms with Crippen molar-refractivity contribution in [2.75, 3.05) is 5.73 Å². The fourth-order valence-corrected chi connectivity index (χ4v) is 2.84. The normalized spacial score (nSPS) is 17.7. The van der Waals surface area contributed by atoms with Crippen LogP contribution >= 0.6 is 15.9 Å². The van der Waals surface area contributed by atoms with Gasteiger partial charge in [-0.15, -0.1) is 0 Å². The molecule has 17 heavy (non-hydrogen) atoms. The molecule has 92 valence electrons. The summed E-state index contributed by atoms with van der Waals surface area (Å²) in [4.78, 5) is 12.4. The topological polar surface area (TPSA) is 43.1 Å². The summed E-state index contributed by atoms with van der Waals surface area (Å²) in [6.45, 7) is 0. The number of rotatable bonds is 2. The Morgan fingerprint density at radius 1 is 1.18 bits per heavy atom. The van der Waals surface area contributed by atoms with Crippen molar-refractivity contribution in [3.05, 3.63) is 28.2 Å². The van der Waals surface area contributed by atoms with Crippen LogP contribution in [0, 0.1) is 5.92 Å². The number of carbonyl (C=O) groups is 1. The van der Waals surface area contributed by atoms with Crippen LogP contribution < -0.4 is 5.73 Å². The highest BCUT2D eigenvalue weighted by atomic mass is 79.9. The fraction of sp³-hybridized carbons (Fsp3) is 0.500. The molecule has 1 aliphatic rings. The van der Waals surface area contributed by atoms with Crippen molar-refractivity contribution in [1.29, 1.82) is 0 Å². The maximum absolute atomic E-state index is 12.4. The molecule has 2 rings (SSSR count). The predicted molar refractivity (Wildman–Crippen MR) is 74.1 cm³/mol. The van der Waals surface area contributed by atoms with E-state index in [0.717, 1.165) is 22.9 Å². The zero-order valence-corrected chi connectivity index (χ0v) is 11.5. The number of Topliss-reactive ketones (excluding diaryl/α,β-unsaturated/α-hetero) is 1. The lowest BCUT2D eigenvalue weighted by molar-refractivity contribution is 0.0908. The van der Waals surface area contributed by atoms with Crippen molar-refractivity contribution in [2.24, 2.45) is 5.92 Å². The van der Waals surface area contributed by atoms with E-state index in [1.807, 2.05) is 12.1 Å². The number of hydrogen-bond acceptors (Lipinski definition) is 2. The molecule has 0 radical (unpaired) electrons. The smallest absolute Gasteiger partial charge is 0.165 e. The van der Waals surface area contributed by atoms with Crippen LogP contribution in [-0.2, 0) is 0 Å². The van der Waals surface area contributed by atoms with Gasteiger partial charge in [0.25, 0.3) is 0 Å². The highest BCUT2D eigenvalue weighted by molar-refractivity contribution is 9.10. The van der Waals surface area contributed by atoms with Gasteiger partial charge in [0.2, 0.25) is 0 Å². The van der Waals surface area contributed by atoms with Gasteiger partial charge in [-0.1, -0.05) is 25.7 Å². The number of nitrogen functional groups attached to an aromatic ring is 1. The molecule has 1 aromatic carbocycles. The third-order valence-electron chi connectivity index (χ3n) is 3.51. The van der Waals surface area contributed by atoms with Gasteiger partial charge in [0.1, 0.15) is 0 Å². The molecule has 0 aromatic heterocycles. The van der Waals surface area contributed by atoms with E-state index in [1.165, 1.54) is 25.7 Å². The molecule has 0 spiro atoms. The van der Waals surface area contributed by atoms with Crippen LogP contribution in [0.15, 0.2) is 22.7 Å². The van der Waals surface area contributed by atoms with Crippen molar-refractivity contribution in [2.45, 2.75) is 38.5 Å². The summed E-state index contributed by atoms with van der Waals surface area (Å²) in [7, 11) is 0. The first-order valence-corrected chi connectivity index (χ1v) is 7.07. The Morgan fingerprint density at radius 3 is 2.41 bits per heavy atom. The van der Waals surface area contributed by atoms with E-state index in [9.17, 15) is 4.79 Å². The minimum absolute atomic E-state index is 0.216. The highest BCUT2D eigenvalue weighted by Gasteiger charge is 2.21. The number of anilines is 1. The van der Waals surface area contributed by atoms with Crippen molar-refractivity contribution in [3.63, 3.8) is 0 Å². The maximum atomic E-state index is 12.4. The average molecular weight is 296 g/mol. The minimum Gasteiger partial charge on any atom is -0.398 e. The predicted octanol–water partition coefficient (Wildman–Crippen LogP) is 4.18. The van der Waals surface area contributed by atoms with Gasteiger partial charge in [-0.25, -0.2) is 0 Å². The zero-order chi connectivity index (χ0) is 12.3. The molecule has 0 bridgehead atoms. The van der Waals surface area contributed by atoms with E-state index in [1.54, 1.807) is 6.07 Å². The van der Waals surface area contributed by atoms with Crippen LogP contribution in [0.5, 0.6) is 0 Å². The first-order valence-electron chi connectivity index (χ1n) is 6.27. The average Bonchev–Trinajstić information content (AvgIpc) is 2.60. The quantitative estimate of drug-likeness (QED) is 0.505. The summed E-state index contributed by atoms with van der Waals surface area (Å²) in [5.74, 6) is 0.501. The summed E-state index contributed by atoms with van der Waals surface area (Å²) in [5, 5.41) is 0. The van der Waals surface area contributed by atoms with E-state index in [0.29, 0.717) is 5.69 Å². The van der Waals surface area contributed by atoms with Gasteiger partial charge in [-0.3, -0.25) is 4.79 Å². The fourth-order valence-electron chi connectivity index (χ4n) is 2.46. The summed E-state index contributed by atoms with van der Waals surface area (Å²) in [5.41, 5.74) is 7.21. The first-order chi connectivity index (χ1) is 8.18. The molecular weight excluding hydrogens is 278 g/mol. The third kappa shape index (κ3) is 3.09. The SMILES string of the molecule is Nc1ccc(C(=O)C2CCCCCC2)cc1Br. The molecule has 1 fully saturated rings. The first kappa shape index (κ1) is 12.6. The highest BCUT2D eigenvalue weighted by Crippen LogP contribution is 2.28. The van der Waals surface area contributed by atoms with Crippen LogP contribution in [0.3, 0.4) is 0 Å². The number of nitrogens with two attached hydrogens (primary N) is 1. The Labute approximate surface area is 111 Å². The molecule has 1 aliphatic carbocycles. The largest absolute Gasteiger partial charge is 0.398 e. The number of ketones is 1. The summed E-state index contributed by atoms with van der Waals surface area (Å²) in [6.07, 6.45) is 7.01. The van der Waals surface area contributed by atoms with Crippen molar-refractivity contribution >= 4 is 27.4 Å². The second-order valence-corrected chi connectivity index (χ2v) is 5.64. The second kappa shape index (κ2) is 5.67. The van der Waals surface area contributed by atoms with Gasteiger partial charge in [0.15, 0.2) is 5.78 Å². The number of halogens is 1. The standard InChI is InChI=1S/C14H18BrNO/c15-12-9-11(7-8-13(12)16)14(17)10-5-3-1-2-4-6-10/h7-10H,1-6,16H2. The molecule has 0 atom stereocenters. The molecule has 0 heterocycles. The number of carbonyl (C=O) groups excluding carboxylic acids is 1. The monoisotopic (exact) mass is 295 g/mol. The lowest BCUT2D eigenvalue weighted by Crippen LogP contribution is -2.14. The molecule has 0 unspecified atom stereocenters. The van der Waals surface area contributed by atoms with Crippen LogP contribution in [0.2, 0.25) is 0 Å². The molecule has 1 aromatic rings. The van der Waals surface area contributed by atoms with Gasteiger partial charge < -0.3 is 5.73 Å². The van der Waals surface area contributed by atoms with Gasteiger partial charge in [-0.2, -0.15) is 0 Å². The lowest BCUT2D eigenvalue weighted by Gasteiger charge is -2.13. The van der Waals surface area contributed by atoms with Gasteiger partial charge in [0.05, 0.1) is 0 Å². The molecule has 0 saturated heterocycles. The summed E-state index contributed by atoms with van der Waals surface area (Å²) >= 11 is 3.38. The van der Waals surface area contributed by atoms with E-state index in [2.05, 4.69) is 15.9 Å². The molecular formula is C14H18BrNO. The second-order valence-electron chi connectivity index (χ2n) is 4.79. The third-order valence-corrected chi connectivity index (χ3v) is 4.20. The van der Waals surface area contributed by atoms with Crippen molar-refractivity contribution < 1.29 is 4.79 Å².